The number of hydrogen-bond donors (Lipinski definition) is 1. The Bertz CT molecular complexity index is 906. The first-order chi connectivity index (χ1) is 13.4. The average molecular weight is 383 g/mol. The van der Waals surface area contributed by atoms with Gasteiger partial charge in [0.1, 0.15) is 5.75 Å². The summed E-state index contributed by atoms with van der Waals surface area (Å²) in [6, 6.07) is 10.9. The van der Waals surface area contributed by atoms with Gasteiger partial charge in [-0.2, -0.15) is 0 Å². The van der Waals surface area contributed by atoms with Crippen LogP contribution in [0.4, 0.5) is 11.4 Å². The van der Waals surface area contributed by atoms with E-state index in [1.165, 1.54) is 18.2 Å². The molecule has 3 rings (SSSR count). The van der Waals surface area contributed by atoms with E-state index in [0.717, 1.165) is 25.9 Å². The van der Waals surface area contributed by atoms with Gasteiger partial charge < -0.3 is 15.0 Å². The van der Waals surface area contributed by atoms with E-state index in [1.54, 1.807) is 36.1 Å². The number of nitrogens with one attached hydrogen (secondary N) is 1. The summed E-state index contributed by atoms with van der Waals surface area (Å²) in [7, 11) is 0. The van der Waals surface area contributed by atoms with Crippen molar-refractivity contribution in [1.29, 1.82) is 0 Å². The van der Waals surface area contributed by atoms with Gasteiger partial charge in [-0.1, -0.05) is 6.07 Å². The second kappa shape index (κ2) is 8.51. The van der Waals surface area contributed by atoms with Crippen LogP contribution >= 0.6 is 0 Å². The average Bonchev–Trinajstić information content (AvgIpc) is 3.21. The summed E-state index contributed by atoms with van der Waals surface area (Å²) in [6.07, 6.45) is 2.05. The lowest BCUT2D eigenvalue weighted by molar-refractivity contribution is -0.384. The van der Waals surface area contributed by atoms with Crippen LogP contribution in [0.1, 0.15) is 28.8 Å². The molecule has 0 spiro atoms. The lowest BCUT2D eigenvalue weighted by atomic mass is 10.1. The number of ether oxygens (including phenoxy) is 1. The molecule has 1 saturated heterocycles. The molecule has 2 aromatic rings. The van der Waals surface area contributed by atoms with Gasteiger partial charge in [0, 0.05) is 42.5 Å². The molecule has 1 heterocycles. The number of hydrogen-bond acceptors (Lipinski definition) is 5. The summed E-state index contributed by atoms with van der Waals surface area (Å²) in [5, 5.41) is 13.6. The number of carbonyl (C=O) groups excluding carboxylic acids is 2. The number of non-ortho nitro benzene ring substituents is 1. The van der Waals surface area contributed by atoms with Crippen molar-refractivity contribution in [2.75, 3.05) is 25.0 Å². The van der Waals surface area contributed by atoms with Crippen LogP contribution in [0.5, 0.6) is 5.75 Å². The van der Waals surface area contributed by atoms with Gasteiger partial charge in [0.2, 0.25) is 0 Å². The highest BCUT2D eigenvalue weighted by Crippen LogP contribution is 2.21. The monoisotopic (exact) mass is 383 g/mol. The number of rotatable bonds is 6. The first-order valence-corrected chi connectivity index (χ1v) is 9.01. The molecule has 0 aromatic heterocycles. The molecule has 1 aliphatic heterocycles. The molecular formula is C20H21N3O5. The second-order valence-electron chi connectivity index (χ2n) is 6.61. The van der Waals surface area contributed by atoms with E-state index in [2.05, 4.69) is 5.32 Å². The van der Waals surface area contributed by atoms with Gasteiger partial charge in [-0.3, -0.25) is 19.7 Å². The smallest absolute Gasteiger partial charge is 0.269 e. The minimum Gasteiger partial charge on any atom is -0.484 e. The largest absolute Gasteiger partial charge is 0.484 e. The number of anilines is 1. The zero-order valence-electron chi connectivity index (χ0n) is 15.5. The van der Waals surface area contributed by atoms with Crippen molar-refractivity contribution in [3.8, 4) is 5.75 Å². The summed E-state index contributed by atoms with van der Waals surface area (Å²) < 4.78 is 5.56. The Labute approximate surface area is 162 Å². The number of benzene rings is 2. The van der Waals surface area contributed by atoms with Gasteiger partial charge in [-0.25, -0.2) is 0 Å². The number of nitro benzene ring substituents is 1. The highest BCUT2D eigenvalue weighted by atomic mass is 16.6. The van der Waals surface area contributed by atoms with Crippen LogP contribution in [0.15, 0.2) is 42.5 Å². The predicted octanol–water partition coefficient (Wildman–Crippen LogP) is 3.16. The quantitative estimate of drug-likeness (QED) is 0.610. The van der Waals surface area contributed by atoms with Crippen LogP contribution < -0.4 is 10.1 Å². The molecule has 1 aliphatic rings. The maximum absolute atomic E-state index is 12.5. The fourth-order valence-electron chi connectivity index (χ4n) is 3.08. The van der Waals surface area contributed by atoms with E-state index in [4.69, 9.17) is 4.74 Å². The molecule has 0 aliphatic carbocycles. The molecular weight excluding hydrogens is 362 g/mol. The van der Waals surface area contributed by atoms with Gasteiger partial charge in [0.05, 0.1) is 4.92 Å². The summed E-state index contributed by atoms with van der Waals surface area (Å²) >= 11 is 0. The molecule has 0 unspecified atom stereocenters. The molecule has 0 radical (unpaired) electrons. The number of carbonyl (C=O) groups is 2. The molecule has 2 amide bonds. The number of amides is 2. The van der Waals surface area contributed by atoms with Gasteiger partial charge in [0.15, 0.2) is 6.61 Å². The second-order valence-corrected chi connectivity index (χ2v) is 6.61. The molecule has 1 fully saturated rings. The van der Waals surface area contributed by atoms with E-state index in [-0.39, 0.29) is 24.1 Å². The molecule has 0 saturated carbocycles. The number of nitro groups is 1. The Morgan fingerprint density at radius 1 is 1.18 bits per heavy atom. The van der Waals surface area contributed by atoms with E-state index >= 15 is 0 Å². The van der Waals surface area contributed by atoms with E-state index in [0.29, 0.717) is 22.6 Å². The SMILES string of the molecule is Cc1cc([N+](=O)[O-])ccc1C(=O)Nc1cccc(OCC(=O)N2CCCC2)c1. The summed E-state index contributed by atoms with van der Waals surface area (Å²) in [4.78, 5) is 36.6. The van der Waals surface area contributed by atoms with Crippen LogP contribution in [0, 0.1) is 17.0 Å². The minimum atomic E-state index is -0.501. The Hall–Kier alpha value is -3.42. The van der Waals surface area contributed by atoms with Crippen molar-refractivity contribution in [1.82, 2.24) is 4.90 Å². The molecule has 2 aromatic carbocycles. The van der Waals surface area contributed by atoms with Gasteiger partial charge >= 0.3 is 0 Å². The van der Waals surface area contributed by atoms with Crippen LogP contribution in [0.2, 0.25) is 0 Å². The Balaban J connectivity index is 1.63. The molecule has 1 N–H and O–H groups in total. The van der Waals surface area contributed by atoms with Crippen molar-refractivity contribution < 1.29 is 19.2 Å². The topological polar surface area (TPSA) is 102 Å². The molecule has 146 valence electrons. The zero-order valence-corrected chi connectivity index (χ0v) is 15.5. The molecule has 28 heavy (non-hydrogen) atoms. The maximum Gasteiger partial charge on any atom is 0.269 e. The van der Waals surface area contributed by atoms with Crippen molar-refractivity contribution in [3.05, 3.63) is 63.7 Å². The number of likely N-dealkylation sites (tertiary alicyclic amines) is 1. The summed E-state index contributed by atoms with van der Waals surface area (Å²) in [6.45, 7) is 3.14. The van der Waals surface area contributed by atoms with E-state index < -0.39 is 4.92 Å². The third-order valence-corrected chi connectivity index (χ3v) is 4.58. The molecule has 8 heteroatoms. The third-order valence-electron chi connectivity index (χ3n) is 4.58. The van der Waals surface area contributed by atoms with Crippen molar-refractivity contribution in [2.45, 2.75) is 19.8 Å². The predicted molar refractivity (Wildman–Crippen MR) is 104 cm³/mol. The van der Waals surface area contributed by atoms with Crippen LogP contribution in [-0.2, 0) is 4.79 Å². The normalized spacial score (nSPS) is 13.2. The first-order valence-electron chi connectivity index (χ1n) is 9.01. The molecule has 8 nitrogen and oxygen atoms in total. The van der Waals surface area contributed by atoms with Gasteiger partial charge in [-0.05, 0) is 43.5 Å². The highest BCUT2D eigenvalue weighted by molar-refractivity contribution is 6.05. The van der Waals surface area contributed by atoms with Crippen LogP contribution in [0.3, 0.4) is 0 Å². The third kappa shape index (κ3) is 4.64. The van der Waals surface area contributed by atoms with Crippen molar-refractivity contribution in [3.63, 3.8) is 0 Å². The maximum atomic E-state index is 12.5. The fourth-order valence-corrected chi connectivity index (χ4v) is 3.08. The standard InChI is InChI=1S/C20H21N3O5/c1-14-11-16(23(26)27)7-8-18(14)20(25)21-15-5-4-6-17(12-15)28-13-19(24)22-9-2-3-10-22/h4-8,11-12H,2-3,9-10,13H2,1H3,(H,21,25). The van der Waals surface area contributed by atoms with Crippen molar-refractivity contribution >= 4 is 23.2 Å². The lowest BCUT2D eigenvalue weighted by Gasteiger charge is -2.16. The minimum absolute atomic E-state index is 0.0428. The summed E-state index contributed by atoms with van der Waals surface area (Å²) in [5.74, 6) is 0.0527. The van der Waals surface area contributed by atoms with Crippen LogP contribution in [-0.4, -0.2) is 41.3 Å². The Morgan fingerprint density at radius 3 is 2.61 bits per heavy atom. The van der Waals surface area contributed by atoms with Gasteiger partial charge in [0.25, 0.3) is 17.5 Å². The van der Waals surface area contributed by atoms with Gasteiger partial charge in [-0.15, -0.1) is 0 Å². The fraction of sp³-hybridized carbons (Fsp3) is 0.300. The highest BCUT2D eigenvalue weighted by Gasteiger charge is 2.18. The number of nitrogens with zero attached hydrogens (tertiary/aromatic N) is 2. The van der Waals surface area contributed by atoms with E-state index in [9.17, 15) is 19.7 Å². The lowest BCUT2D eigenvalue weighted by Crippen LogP contribution is -2.32. The number of aryl methyl sites for hydroxylation is 1. The Morgan fingerprint density at radius 2 is 1.93 bits per heavy atom. The summed E-state index contributed by atoms with van der Waals surface area (Å²) in [5.41, 5.74) is 1.30. The zero-order chi connectivity index (χ0) is 20.1. The molecule has 0 atom stereocenters. The Kier molecular flexibility index (Phi) is 5.88. The van der Waals surface area contributed by atoms with Crippen molar-refractivity contribution in [2.24, 2.45) is 0 Å². The molecule has 0 bridgehead atoms. The van der Waals surface area contributed by atoms with E-state index in [1.807, 2.05) is 0 Å². The first kappa shape index (κ1) is 19.3. The van der Waals surface area contributed by atoms with Crippen LogP contribution in [0.25, 0.3) is 0 Å².